The van der Waals surface area contributed by atoms with Crippen LogP contribution in [0.25, 0.3) is 0 Å². The van der Waals surface area contributed by atoms with Crippen molar-refractivity contribution in [1.29, 1.82) is 0 Å². The van der Waals surface area contributed by atoms with E-state index in [0.29, 0.717) is 23.4 Å². The van der Waals surface area contributed by atoms with E-state index < -0.39 is 0 Å². The van der Waals surface area contributed by atoms with Gasteiger partial charge in [-0.2, -0.15) is 0 Å². The molecule has 1 aliphatic heterocycles. The summed E-state index contributed by atoms with van der Waals surface area (Å²) in [5.74, 6) is 1.74. The molecule has 3 rings (SSSR count). The molecule has 2 aliphatic carbocycles. The number of carbonyl (C=O) groups is 1. The van der Waals surface area contributed by atoms with Crippen LogP contribution >= 0.6 is 0 Å². The normalized spacial score (nSPS) is 39.6. The minimum atomic E-state index is 0.0254. The van der Waals surface area contributed by atoms with E-state index in [1.165, 1.54) is 32.1 Å². The highest BCUT2D eigenvalue weighted by atomic mass is 16.2. The molecular weight excluding hydrogens is 224 g/mol. The molecule has 3 atom stereocenters. The van der Waals surface area contributed by atoms with Crippen LogP contribution in [0, 0.1) is 17.3 Å². The highest BCUT2D eigenvalue weighted by Crippen LogP contribution is 2.52. The fraction of sp³-hybridized carbons (Fsp3) is 0.933. The predicted molar refractivity (Wildman–Crippen MR) is 71.9 cm³/mol. The standard InChI is InChI=1S/C15H26N2O/c1-10-14(18)17(9-12-8-15(12,2)3)13(16-10)11-6-4-5-7-11/h10-13,16H,4-9H2,1-3H3. The zero-order valence-electron chi connectivity index (χ0n) is 11.9. The minimum Gasteiger partial charge on any atom is -0.325 e. The Morgan fingerprint density at radius 3 is 2.50 bits per heavy atom. The van der Waals surface area contributed by atoms with Gasteiger partial charge in [0.15, 0.2) is 0 Å². The lowest BCUT2D eigenvalue weighted by atomic mass is 10.0. The van der Waals surface area contributed by atoms with Crippen molar-refractivity contribution in [3.63, 3.8) is 0 Å². The number of nitrogens with one attached hydrogen (secondary N) is 1. The van der Waals surface area contributed by atoms with Gasteiger partial charge in [-0.3, -0.25) is 10.1 Å². The van der Waals surface area contributed by atoms with Gasteiger partial charge in [0.1, 0.15) is 0 Å². The van der Waals surface area contributed by atoms with E-state index in [0.717, 1.165) is 12.5 Å². The summed E-state index contributed by atoms with van der Waals surface area (Å²) in [6, 6.07) is 0.0254. The Balaban J connectivity index is 1.69. The topological polar surface area (TPSA) is 32.3 Å². The van der Waals surface area contributed by atoms with Gasteiger partial charge in [-0.15, -0.1) is 0 Å². The van der Waals surface area contributed by atoms with Crippen LogP contribution in [0.15, 0.2) is 0 Å². The average Bonchev–Trinajstić information content (AvgIpc) is 2.75. The number of rotatable bonds is 3. The molecule has 3 nitrogen and oxygen atoms in total. The van der Waals surface area contributed by atoms with Gasteiger partial charge in [0, 0.05) is 6.54 Å². The van der Waals surface area contributed by atoms with Crippen LogP contribution in [0.2, 0.25) is 0 Å². The molecule has 3 heteroatoms. The lowest BCUT2D eigenvalue weighted by Crippen LogP contribution is -2.43. The molecule has 0 aromatic carbocycles. The largest absolute Gasteiger partial charge is 0.325 e. The first kappa shape index (κ1) is 12.5. The van der Waals surface area contributed by atoms with Crippen LogP contribution < -0.4 is 5.32 Å². The van der Waals surface area contributed by atoms with Crippen molar-refractivity contribution >= 4 is 5.91 Å². The van der Waals surface area contributed by atoms with E-state index in [-0.39, 0.29) is 6.04 Å². The van der Waals surface area contributed by atoms with Gasteiger partial charge in [-0.25, -0.2) is 0 Å². The molecule has 18 heavy (non-hydrogen) atoms. The van der Waals surface area contributed by atoms with Crippen LogP contribution in [0.4, 0.5) is 0 Å². The fourth-order valence-corrected chi connectivity index (χ4v) is 3.80. The maximum atomic E-state index is 12.3. The lowest BCUT2D eigenvalue weighted by molar-refractivity contribution is -0.130. The predicted octanol–water partition coefficient (Wildman–Crippen LogP) is 2.37. The van der Waals surface area contributed by atoms with Crippen LogP contribution in [0.1, 0.15) is 52.9 Å². The van der Waals surface area contributed by atoms with E-state index in [4.69, 9.17) is 0 Å². The Labute approximate surface area is 110 Å². The quantitative estimate of drug-likeness (QED) is 0.834. The Morgan fingerprint density at radius 1 is 1.33 bits per heavy atom. The van der Waals surface area contributed by atoms with Gasteiger partial charge in [0.2, 0.25) is 5.91 Å². The first-order valence-electron chi connectivity index (χ1n) is 7.55. The third kappa shape index (κ3) is 2.07. The first-order chi connectivity index (χ1) is 8.49. The summed E-state index contributed by atoms with van der Waals surface area (Å²) in [5.41, 5.74) is 0.465. The molecule has 0 aromatic heterocycles. The SMILES string of the molecule is CC1NC(C2CCCC2)N(CC2CC2(C)C)C1=O. The highest BCUT2D eigenvalue weighted by Gasteiger charge is 2.50. The van der Waals surface area contributed by atoms with Crippen LogP contribution in [-0.4, -0.2) is 29.6 Å². The van der Waals surface area contributed by atoms with Crippen molar-refractivity contribution in [2.75, 3.05) is 6.54 Å². The average molecular weight is 250 g/mol. The minimum absolute atomic E-state index is 0.0254. The Hall–Kier alpha value is -0.570. The molecule has 0 spiro atoms. The molecule has 3 unspecified atom stereocenters. The number of nitrogens with zero attached hydrogens (tertiary/aromatic N) is 1. The third-order valence-electron chi connectivity index (χ3n) is 5.39. The second-order valence-electron chi connectivity index (χ2n) is 7.26. The van der Waals surface area contributed by atoms with E-state index in [1.807, 2.05) is 6.92 Å². The lowest BCUT2D eigenvalue weighted by Gasteiger charge is -2.29. The second kappa shape index (κ2) is 4.22. The van der Waals surface area contributed by atoms with Gasteiger partial charge in [0.05, 0.1) is 12.2 Å². The number of carbonyl (C=O) groups excluding carboxylic acids is 1. The van der Waals surface area contributed by atoms with Crippen LogP contribution in [0.3, 0.4) is 0 Å². The monoisotopic (exact) mass is 250 g/mol. The Kier molecular flexibility index (Phi) is 2.92. The molecular formula is C15H26N2O. The highest BCUT2D eigenvalue weighted by molar-refractivity contribution is 5.84. The van der Waals surface area contributed by atoms with Crippen molar-refractivity contribution in [1.82, 2.24) is 10.2 Å². The second-order valence-corrected chi connectivity index (χ2v) is 7.26. The summed E-state index contributed by atoms with van der Waals surface area (Å²) in [6.45, 7) is 7.63. The van der Waals surface area contributed by atoms with Gasteiger partial charge in [0.25, 0.3) is 0 Å². The van der Waals surface area contributed by atoms with Gasteiger partial charge in [-0.1, -0.05) is 26.7 Å². The summed E-state index contributed by atoms with van der Waals surface area (Å²) in [4.78, 5) is 14.5. The zero-order valence-corrected chi connectivity index (χ0v) is 11.9. The molecule has 1 N–H and O–H groups in total. The van der Waals surface area contributed by atoms with Crippen molar-refractivity contribution in [3.05, 3.63) is 0 Å². The summed E-state index contributed by atoms with van der Waals surface area (Å²) < 4.78 is 0. The van der Waals surface area contributed by atoms with Gasteiger partial charge >= 0.3 is 0 Å². The molecule has 1 amide bonds. The maximum Gasteiger partial charge on any atom is 0.240 e. The van der Waals surface area contributed by atoms with E-state index in [1.54, 1.807) is 0 Å². The number of amides is 1. The molecule has 1 saturated heterocycles. The van der Waals surface area contributed by atoms with Crippen molar-refractivity contribution < 1.29 is 4.79 Å². The molecule has 1 heterocycles. The molecule has 3 aliphatic rings. The summed E-state index contributed by atoms with van der Waals surface area (Å²) in [6.07, 6.45) is 6.88. The van der Waals surface area contributed by atoms with E-state index >= 15 is 0 Å². The number of hydrogen-bond donors (Lipinski definition) is 1. The Morgan fingerprint density at radius 2 is 1.94 bits per heavy atom. The van der Waals surface area contributed by atoms with Crippen molar-refractivity contribution in [2.24, 2.45) is 17.3 Å². The van der Waals surface area contributed by atoms with Gasteiger partial charge < -0.3 is 4.90 Å². The van der Waals surface area contributed by atoms with Crippen molar-refractivity contribution in [3.8, 4) is 0 Å². The third-order valence-corrected chi connectivity index (χ3v) is 5.39. The first-order valence-corrected chi connectivity index (χ1v) is 7.55. The van der Waals surface area contributed by atoms with Gasteiger partial charge in [-0.05, 0) is 43.4 Å². The van der Waals surface area contributed by atoms with Crippen LogP contribution in [0.5, 0.6) is 0 Å². The molecule has 3 fully saturated rings. The molecule has 0 bridgehead atoms. The summed E-state index contributed by atoms with van der Waals surface area (Å²) in [5, 5.41) is 3.53. The number of hydrogen-bond acceptors (Lipinski definition) is 2. The molecule has 0 radical (unpaired) electrons. The summed E-state index contributed by atoms with van der Waals surface area (Å²) >= 11 is 0. The Bertz CT molecular complexity index is 346. The molecule has 2 saturated carbocycles. The fourth-order valence-electron chi connectivity index (χ4n) is 3.80. The molecule has 102 valence electrons. The smallest absolute Gasteiger partial charge is 0.240 e. The maximum absolute atomic E-state index is 12.3. The van der Waals surface area contributed by atoms with E-state index in [9.17, 15) is 4.79 Å². The molecule has 0 aromatic rings. The zero-order chi connectivity index (χ0) is 12.9. The summed E-state index contributed by atoms with van der Waals surface area (Å²) in [7, 11) is 0. The van der Waals surface area contributed by atoms with Crippen LogP contribution in [-0.2, 0) is 4.79 Å². The van der Waals surface area contributed by atoms with E-state index in [2.05, 4.69) is 24.1 Å². The van der Waals surface area contributed by atoms with Crippen molar-refractivity contribution in [2.45, 2.75) is 65.1 Å².